The van der Waals surface area contributed by atoms with Crippen molar-refractivity contribution in [2.24, 2.45) is 0 Å². The van der Waals surface area contributed by atoms with Crippen LogP contribution in [0.3, 0.4) is 0 Å². The largest absolute Gasteiger partial charge is 0.219 e. The van der Waals surface area contributed by atoms with Crippen molar-refractivity contribution < 1.29 is 16.8 Å². The zero-order valence-electron chi connectivity index (χ0n) is 16.5. The summed E-state index contributed by atoms with van der Waals surface area (Å²) in [6.45, 7) is 3.78. The summed E-state index contributed by atoms with van der Waals surface area (Å²) in [7, 11) is -7.40. The van der Waals surface area contributed by atoms with E-state index in [-0.39, 0.29) is 19.6 Å². The van der Waals surface area contributed by atoms with Crippen LogP contribution in [0.15, 0.2) is 105 Å². The van der Waals surface area contributed by atoms with E-state index in [2.05, 4.69) is 0 Å². The van der Waals surface area contributed by atoms with Crippen molar-refractivity contribution in [1.82, 2.24) is 0 Å². The van der Waals surface area contributed by atoms with Crippen molar-refractivity contribution >= 4 is 30.4 Å². The van der Waals surface area contributed by atoms with Gasteiger partial charge in [0.05, 0.1) is 19.6 Å². The minimum Gasteiger partial charge on any atom is -0.219 e. The third-order valence-corrected chi connectivity index (χ3v) is 8.60. The summed E-state index contributed by atoms with van der Waals surface area (Å²) in [6, 6.07) is 22.8. The van der Waals surface area contributed by atoms with Gasteiger partial charge in [-0.05, 0) is 73.2 Å². The minimum atomic E-state index is -3.70. The Morgan fingerprint density at radius 3 is 1.13 bits per heavy atom. The maximum Gasteiger partial charge on any atom is 0.206 e. The molecule has 6 heteroatoms. The Bertz CT molecular complexity index is 1340. The first kappa shape index (κ1) is 20.3. The molecule has 0 heterocycles. The van der Waals surface area contributed by atoms with Gasteiger partial charge in [-0.1, -0.05) is 47.5 Å². The highest BCUT2D eigenvalue weighted by molar-refractivity contribution is 7.91. The predicted molar refractivity (Wildman–Crippen MR) is 117 cm³/mol. The van der Waals surface area contributed by atoms with Crippen LogP contribution in [0, 0.1) is 13.8 Å². The van der Waals surface area contributed by atoms with E-state index in [1.165, 1.54) is 12.1 Å². The second-order valence-electron chi connectivity index (χ2n) is 7.30. The maximum atomic E-state index is 13.0. The molecule has 0 saturated heterocycles. The number of fused-ring (bicyclic) bond motifs is 1. The molecule has 152 valence electrons. The Hall–Kier alpha value is -2.96. The molecule has 0 amide bonds. The van der Waals surface area contributed by atoms with Crippen LogP contribution in [0.5, 0.6) is 0 Å². The summed E-state index contributed by atoms with van der Waals surface area (Å²) in [5, 5.41) is 1.32. The number of benzene rings is 4. The minimum absolute atomic E-state index is 0.128. The summed E-state index contributed by atoms with van der Waals surface area (Å²) in [6.07, 6.45) is 0. The smallest absolute Gasteiger partial charge is 0.206 e. The van der Waals surface area contributed by atoms with Gasteiger partial charge in [0.1, 0.15) is 0 Å². The lowest BCUT2D eigenvalue weighted by atomic mass is 10.1. The number of rotatable bonds is 4. The maximum absolute atomic E-state index is 13.0. The quantitative estimate of drug-likeness (QED) is 0.445. The Labute approximate surface area is 176 Å². The standard InChI is InChI=1S/C24H20O4S2/c1-17-3-9-21(10-4-17)29(25,26)23-13-7-19-8-14-24(16-20(19)15-23)30(27,28)22-11-5-18(2)6-12-22/h3-16H,1-2H3. The number of aryl methyl sites for hydroxylation is 2. The molecule has 0 aromatic heterocycles. The van der Waals surface area contributed by atoms with Crippen LogP contribution in [0.1, 0.15) is 11.1 Å². The summed E-state index contributed by atoms with van der Waals surface area (Å²) in [5.41, 5.74) is 1.94. The van der Waals surface area contributed by atoms with Crippen LogP contribution in [0.2, 0.25) is 0 Å². The first-order valence-corrected chi connectivity index (χ1v) is 12.3. The van der Waals surface area contributed by atoms with Crippen molar-refractivity contribution in [1.29, 1.82) is 0 Å². The molecule has 0 saturated carbocycles. The molecule has 0 fully saturated rings. The molecule has 30 heavy (non-hydrogen) atoms. The van der Waals surface area contributed by atoms with E-state index in [0.29, 0.717) is 5.39 Å². The van der Waals surface area contributed by atoms with Crippen LogP contribution in [0.25, 0.3) is 10.8 Å². The first-order chi connectivity index (χ1) is 14.2. The molecule has 4 rings (SSSR count). The molecule has 0 atom stereocenters. The molecular weight excluding hydrogens is 416 g/mol. The van der Waals surface area contributed by atoms with Gasteiger partial charge in [-0.3, -0.25) is 0 Å². The van der Waals surface area contributed by atoms with Crippen LogP contribution in [-0.4, -0.2) is 16.8 Å². The van der Waals surface area contributed by atoms with Gasteiger partial charge in [-0.2, -0.15) is 0 Å². The third kappa shape index (κ3) is 3.64. The fraction of sp³-hybridized carbons (Fsp3) is 0.0833. The molecule has 0 radical (unpaired) electrons. The van der Waals surface area contributed by atoms with Crippen molar-refractivity contribution in [2.75, 3.05) is 0 Å². The lowest BCUT2D eigenvalue weighted by Gasteiger charge is -2.09. The van der Waals surface area contributed by atoms with Gasteiger partial charge in [-0.15, -0.1) is 0 Å². The number of hydrogen-bond donors (Lipinski definition) is 0. The van der Waals surface area contributed by atoms with Crippen molar-refractivity contribution in [3.63, 3.8) is 0 Å². The molecule has 0 unspecified atom stereocenters. The van der Waals surface area contributed by atoms with Gasteiger partial charge in [0.15, 0.2) is 0 Å². The van der Waals surface area contributed by atoms with E-state index in [9.17, 15) is 16.8 Å². The fourth-order valence-electron chi connectivity index (χ4n) is 3.24. The topological polar surface area (TPSA) is 68.3 Å². The second-order valence-corrected chi connectivity index (χ2v) is 11.2. The van der Waals surface area contributed by atoms with Crippen LogP contribution >= 0.6 is 0 Å². The average molecular weight is 437 g/mol. The zero-order chi connectivity index (χ0) is 21.5. The highest BCUT2D eigenvalue weighted by Crippen LogP contribution is 2.29. The molecule has 0 N–H and O–H groups in total. The zero-order valence-corrected chi connectivity index (χ0v) is 18.2. The van der Waals surface area contributed by atoms with Gasteiger partial charge >= 0.3 is 0 Å². The molecule has 0 spiro atoms. The van der Waals surface area contributed by atoms with Crippen LogP contribution in [-0.2, 0) is 19.7 Å². The highest BCUT2D eigenvalue weighted by Gasteiger charge is 2.20. The van der Waals surface area contributed by atoms with Gasteiger partial charge in [0.2, 0.25) is 19.7 Å². The number of hydrogen-bond acceptors (Lipinski definition) is 4. The Balaban J connectivity index is 1.82. The van der Waals surface area contributed by atoms with Crippen molar-refractivity contribution in [3.8, 4) is 0 Å². The summed E-state index contributed by atoms with van der Waals surface area (Å²) in [5.74, 6) is 0. The first-order valence-electron chi connectivity index (χ1n) is 9.35. The molecule has 0 aliphatic heterocycles. The van der Waals surface area contributed by atoms with Gasteiger partial charge in [0.25, 0.3) is 0 Å². The van der Waals surface area contributed by atoms with Gasteiger partial charge in [0, 0.05) is 0 Å². The summed E-state index contributed by atoms with van der Waals surface area (Å²) in [4.78, 5) is 0.666. The lowest BCUT2D eigenvalue weighted by molar-refractivity contribution is 0.595. The Morgan fingerprint density at radius 2 is 0.767 bits per heavy atom. The van der Waals surface area contributed by atoms with E-state index in [1.807, 2.05) is 13.8 Å². The second kappa shape index (κ2) is 7.38. The molecule has 4 nitrogen and oxygen atoms in total. The van der Waals surface area contributed by atoms with E-state index in [1.54, 1.807) is 72.8 Å². The molecule has 4 aromatic carbocycles. The normalized spacial score (nSPS) is 12.2. The van der Waals surface area contributed by atoms with Crippen molar-refractivity contribution in [3.05, 3.63) is 96.1 Å². The predicted octanol–water partition coefficient (Wildman–Crippen LogP) is 5.12. The fourth-order valence-corrected chi connectivity index (χ4v) is 5.84. The van der Waals surface area contributed by atoms with E-state index in [0.717, 1.165) is 16.5 Å². The number of sulfone groups is 2. The molecule has 0 aliphatic rings. The highest BCUT2D eigenvalue weighted by atomic mass is 32.2. The molecular formula is C24H20O4S2. The molecule has 0 aliphatic carbocycles. The summed E-state index contributed by atoms with van der Waals surface area (Å²) < 4.78 is 52.0. The molecule has 0 bridgehead atoms. The van der Waals surface area contributed by atoms with Gasteiger partial charge < -0.3 is 0 Å². The summed E-state index contributed by atoms with van der Waals surface area (Å²) >= 11 is 0. The van der Waals surface area contributed by atoms with E-state index in [4.69, 9.17) is 0 Å². The Morgan fingerprint density at radius 1 is 0.433 bits per heavy atom. The third-order valence-electron chi connectivity index (χ3n) is 5.07. The SMILES string of the molecule is Cc1ccc(S(=O)(=O)c2ccc3ccc(S(=O)(=O)c4ccc(C)cc4)cc3c2)cc1. The van der Waals surface area contributed by atoms with E-state index >= 15 is 0 Å². The van der Waals surface area contributed by atoms with Crippen LogP contribution in [0.4, 0.5) is 0 Å². The van der Waals surface area contributed by atoms with E-state index < -0.39 is 19.7 Å². The van der Waals surface area contributed by atoms with Crippen molar-refractivity contribution in [2.45, 2.75) is 33.4 Å². The average Bonchev–Trinajstić information content (AvgIpc) is 2.73. The monoisotopic (exact) mass is 436 g/mol. The van der Waals surface area contributed by atoms with Gasteiger partial charge in [-0.25, -0.2) is 16.8 Å². The lowest BCUT2D eigenvalue weighted by Crippen LogP contribution is -2.03. The molecule has 4 aromatic rings. The Kier molecular flexibility index (Phi) is 5.00. The van der Waals surface area contributed by atoms with Crippen LogP contribution < -0.4 is 0 Å².